The molecule has 0 N–H and O–H groups in total. The van der Waals surface area contributed by atoms with Crippen LogP contribution >= 0.6 is 0 Å². The minimum absolute atomic E-state index is 0.0689. The Morgan fingerprint density at radius 1 is 1.06 bits per heavy atom. The summed E-state index contributed by atoms with van der Waals surface area (Å²) in [6.07, 6.45) is 1.97. The van der Waals surface area contributed by atoms with E-state index in [0.717, 1.165) is 49.5 Å². The molecule has 1 fully saturated rings. The number of rotatable bonds is 6. The van der Waals surface area contributed by atoms with Crippen LogP contribution in [-0.2, 0) is 16.1 Å². The number of fused-ring (bicyclic) bond motifs is 1. The van der Waals surface area contributed by atoms with E-state index in [1.807, 2.05) is 45.0 Å². The third-order valence-corrected chi connectivity index (χ3v) is 6.68. The Hall–Kier alpha value is -2.53. The summed E-state index contributed by atoms with van der Waals surface area (Å²) in [5.41, 5.74) is 2.02. The van der Waals surface area contributed by atoms with Crippen molar-refractivity contribution in [1.82, 2.24) is 4.90 Å². The van der Waals surface area contributed by atoms with E-state index in [2.05, 4.69) is 29.2 Å². The fourth-order valence-corrected chi connectivity index (χ4v) is 4.58. The van der Waals surface area contributed by atoms with Gasteiger partial charge in [0, 0.05) is 6.54 Å². The highest BCUT2D eigenvalue weighted by atomic mass is 16.6. The number of para-hydroxylation sites is 2. The molecule has 2 aromatic rings. The standard InChI is InChI=1S/C26H33NO4/c1-4-29-25(28)26(2,3)21-13-15-27(16-14-21)17-19-9-11-20(12-10-19)24-18-30-22-7-5-6-8-23(22)31-24/h5-12,21,24H,4,13-18H2,1-3H3. The van der Waals surface area contributed by atoms with Crippen molar-refractivity contribution in [3.63, 3.8) is 0 Å². The van der Waals surface area contributed by atoms with Crippen molar-refractivity contribution < 1.29 is 19.0 Å². The van der Waals surface area contributed by atoms with Crippen LogP contribution in [0.2, 0.25) is 0 Å². The first-order valence-electron chi connectivity index (χ1n) is 11.3. The molecule has 2 aromatic carbocycles. The second kappa shape index (κ2) is 9.31. The number of hydrogen-bond acceptors (Lipinski definition) is 5. The van der Waals surface area contributed by atoms with Crippen molar-refractivity contribution in [2.45, 2.75) is 46.3 Å². The second-order valence-electron chi connectivity index (χ2n) is 9.10. The van der Waals surface area contributed by atoms with Crippen molar-refractivity contribution >= 4 is 5.97 Å². The number of nitrogens with zero attached hydrogens (tertiary/aromatic N) is 1. The Kier molecular flexibility index (Phi) is 6.51. The summed E-state index contributed by atoms with van der Waals surface area (Å²) in [5.74, 6) is 1.92. The lowest BCUT2D eigenvalue weighted by Gasteiger charge is -2.39. The highest BCUT2D eigenvalue weighted by Crippen LogP contribution is 2.37. The van der Waals surface area contributed by atoms with Crippen LogP contribution in [0.15, 0.2) is 48.5 Å². The van der Waals surface area contributed by atoms with Gasteiger partial charge < -0.3 is 14.2 Å². The smallest absolute Gasteiger partial charge is 0.311 e. The molecular formula is C26H33NO4. The van der Waals surface area contributed by atoms with Crippen LogP contribution in [0.5, 0.6) is 11.5 Å². The molecule has 4 rings (SSSR count). The average Bonchev–Trinajstić information content (AvgIpc) is 2.80. The fourth-order valence-electron chi connectivity index (χ4n) is 4.58. The first-order chi connectivity index (χ1) is 15.0. The minimum atomic E-state index is -0.412. The summed E-state index contributed by atoms with van der Waals surface area (Å²) in [4.78, 5) is 14.8. The maximum absolute atomic E-state index is 12.3. The fraction of sp³-hybridized carbons (Fsp3) is 0.500. The highest BCUT2D eigenvalue weighted by Gasteiger charge is 2.39. The quantitative estimate of drug-likeness (QED) is 0.612. The number of benzene rings is 2. The molecular weight excluding hydrogens is 390 g/mol. The predicted molar refractivity (Wildman–Crippen MR) is 120 cm³/mol. The Labute approximate surface area is 185 Å². The summed E-state index contributed by atoms with van der Waals surface area (Å²) in [5, 5.41) is 0. The number of ether oxygens (including phenoxy) is 3. The molecule has 0 saturated carbocycles. The first-order valence-corrected chi connectivity index (χ1v) is 11.3. The van der Waals surface area contributed by atoms with Gasteiger partial charge in [-0.25, -0.2) is 0 Å². The van der Waals surface area contributed by atoms with Crippen LogP contribution in [0.3, 0.4) is 0 Å². The Balaban J connectivity index is 1.30. The van der Waals surface area contributed by atoms with Crippen LogP contribution in [0.25, 0.3) is 0 Å². The molecule has 2 aliphatic heterocycles. The Morgan fingerprint density at radius 2 is 1.74 bits per heavy atom. The van der Waals surface area contributed by atoms with Gasteiger partial charge in [0.1, 0.15) is 6.61 Å². The van der Waals surface area contributed by atoms with Gasteiger partial charge in [0.25, 0.3) is 0 Å². The normalized spacial score (nSPS) is 19.8. The Bertz CT molecular complexity index is 885. The van der Waals surface area contributed by atoms with E-state index in [1.165, 1.54) is 5.56 Å². The van der Waals surface area contributed by atoms with Crippen LogP contribution < -0.4 is 9.47 Å². The van der Waals surface area contributed by atoms with E-state index >= 15 is 0 Å². The van der Waals surface area contributed by atoms with Gasteiger partial charge in [0.05, 0.1) is 12.0 Å². The van der Waals surface area contributed by atoms with Crippen LogP contribution in [0, 0.1) is 11.3 Å². The van der Waals surface area contributed by atoms with Gasteiger partial charge in [-0.05, 0) is 75.9 Å². The SMILES string of the molecule is CCOC(=O)C(C)(C)C1CCN(Cc2ccc(C3COc4ccccc4O3)cc2)CC1. The molecule has 2 heterocycles. The molecule has 0 aromatic heterocycles. The van der Waals surface area contributed by atoms with Crippen LogP contribution in [-0.4, -0.2) is 37.2 Å². The van der Waals surface area contributed by atoms with Gasteiger partial charge in [-0.2, -0.15) is 0 Å². The van der Waals surface area contributed by atoms with Crippen LogP contribution in [0.4, 0.5) is 0 Å². The molecule has 0 amide bonds. The zero-order valence-corrected chi connectivity index (χ0v) is 18.8. The zero-order valence-electron chi connectivity index (χ0n) is 18.8. The first kappa shape index (κ1) is 21.7. The molecule has 0 aliphatic carbocycles. The monoisotopic (exact) mass is 423 g/mol. The molecule has 1 unspecified atom stereocenters. The van der Waals surface area contributed by atoms with E-state index in [1.54, 1.807) is 0 Å². The lowest BCUT2D eigenvalue weighted by atomic mass is 9.73. The van der Waals surface area contributed by atoms with Gasteiger partial charge in [-0.3, -0.25) is 9.69 Å². The average molecular weight is 424 g/mol. The molecule has 0 bridgehead atoms. The van der Waals surface area contributed by atoms with Crippen molar-refractivity contribution in [2.75, 3.05) is 26.3 Å². The molecule has 31 heavy (non-hydrogen) atoms. The van der Waals surface area contributed by atoms with Crippen LogP contribution in [0.1, 0.15) is 50.8 Å². The number of esters is 1. The summed E-state index contributed by atoms with van der Waals surface area (Å²) in [7, 11) is 0. The van der Waals surface area contributed by atoms with E-state index in [9.17, 15) is 4.79 Å². The number of likely N-dealkylation sites (tertiary alicyclic amines) is 1. The molecule has 0 radical (unpaired) electrons. The maximum atomic E-state index is 12.3. The van der Waals surface area contributed by atoms with Gasteiger partial charge in [-0.1, -0.05) is 36.4 Å². The molecule has 166 valence electrons. The summed E-state index contributed by atoms with van der Waals surface area (Å²) in [6, 6.07) is 16.5. The lowest BCUT2D eigenvalue weighted by Crippen LogP contribution is -2.42. The number of carbonyl (C=O) groups is 1. The molecule has 5 heteroatoms. The molecule has 1 atom stereocenters. The van der Waals surface area contributed by atoms with Gasteiger partial charge in [-0.15, -0.1) is 0 Å². The third-order valence-electron chi connectivity index (χ3n) is 6.68. The maximum Gasteiger partial charge on any atom is 0.311 e. The predicted octanol–water partition coefficient (Wildman–Crippen LogP) is 5.00. The number of carbonyl (C=O) groups excluding carboxylic acids is 1. The van der Waals surface area contributed by atoms with E-state index in [4.69, 9.17) is 14.2 Å². The molecule has 2 aliphatic rings. The molecule has 0 spiro atoms. The van der Waals surface area contributed by atoms with Crippen molar-refractivity contribution in [1.29, 1.82) is 0 Å². The van der Waals surface area contributed by atoms with Crippen molar-refractivity contribution in [3.8, 4) is 11.5 Å². The minimum Gasteiger partial charge on any atom is -0.485 e. The van der Waals surface area contributed by atoms with E-state index < -0.39 is 5.41 Å². The molecule has 1 saturated heterocycles. The lowest BCUT2D eigenvalue weighted by molar-refractivity contribution is -0.157. The summed E-state index contributed by atoms with van der Waals surface area (Å²) in [6.45, 7) is 9.84. The largest absolute Gasteiger partial charge is 0.485 e. The van der Waals surface area contributed by atoms with Crippen molar-refractivity contribution in [3.05, 3.63) is 59.7 Å². The zero-order chi connectivity index (χ0) is 21.8. The summed E-state index contributed by atoms with van der Waals surface area (Å²) < 4.78 is 17.3. The number of hydrogen-bond donors (Lipinski definition) is 0. The third kappa shape index (κ3) is 4.87. The Morgan fingerprint density at radius 3 is 2.42 bits per heavy atom. The second-order valence-corrected chi connectivity index (χ2v) is 9.10. The van der Waals surface area contributed by atoms with E-state index in [-0.39, 0.29) is 12.1 Å². The highest BCUT2D eigenvalue weighted by molar-refractivity contribution is 5.76. The summed E-state index contributed by atoms with van der Waals surface area (Å²) >= 11 is 0. The van der Waals surface area contributed by atoms with Gasteiger partial charge >= 0.3 is 5.97 Å². The van der Waals surface area contributed by atoms with Gasteiger partial charge in [0.15, 0.2) is 17.6 Å². The topological polar surface area (TPSA) is 48.0 Å². The van der Waals surface area contributed by atoms with Crippen molar-refractivity contribution in [2.24, 2.45) is 11.3 Å². The van der Waals surface area contributed by atoms with E-state index in [0.29, 0.717) is 19.1 Å². The number of piperidine rings is 1. The molecule has 5 nitrogen and oxygen atoms in total. The van der Waals surface area contributed by atoms with Gasteiger partial charge in [0.2, 0.25) is 0 Å².